The van der Waals surface area contributed by atoms with Gasteiger partial charge in [-0.3, -0.25) is 9.59 Å². The third-order valence-corrected chi connectivity index (χ3v) is 3.23. The molecule has 0 aliphatic carbocycles. The van der Waals surface area contributed by atoms with Crippen molar-refractivity contribution in [2.45, 2.75) is 13.1 Å². The van der Waals surface area contributed by atoms with Crippen molar-refractivity contribution >= 4 is 29.9 Å². The molecule has 23 heavy (non-hydrogen) atoms. The molecule has 0 radical (unpaired) electrons. The summed E-state index contributed by atoms with van der Waals surface area (Å²) in [7, 11) is 0. The minimum Gasteiger partial charge on any atom is -0.336 e. The van der Waals surface area contributed by atoms with Crippen molar-refractivity contribution in [3.63, 3.8) is 0 Å². The first-order valence-corrected chi connectivity index (χ1v) is 6.77. The van der Waals surface area contributed by atoms with Gasteiger partial charge < -0.3 is 15.5 Å². The van der Waals surface area contributed by atoms with Crippen molar-refractivity contribution in [2.75, 3.05) is 31.5 Å². The molecule has 0 spiro atoms. The third kappa shape index (κ3) is 5.11. The van der Waals surface area contributed by atoms with Crippen LogP contribution in [0.2, 0.25) is 0 Å². The molecule has 1 aliphatic rings. The summed E-state index contributed by atoms with van der Waals surface area (Å²) in [6.07, 6.45) is -4.59. The molecular weight excluding hydrogens is 335 g/mol. The normalized spacial score (nSPS) is 14.9. The van der Waals surface area contributed by atoms with Crippen molar-refractivity contribution in [3.8, 4) is 0 Å². The molecule has 5 nitrogen and oxygen atoms in total. The second kappa shape index (κ2) is 7.65. The van der Waals surface area contributed by atoms with Crippen molar-refractivity contribution in [1.29, 1.82) is 0 Å². The molecule has 1 aromatic rings. The summed E-state index contributed by atoms with van der Waals surface area (Å²) in [5, 5.41) is 5.36. The van der Waals surface area contributed by atoms with E-state index in [2.05, 4.69) is 10.6 Å². The van der Waals surface area contributed by atoms with E-state index in [-0.39, 0.29) is 23.7 Å². The number of alkyl halides is 3. The first-order chi connectivity index (χ1) is 10.3. The Morgan fingerprint density at radius 2 is 1.78 bits per heavy atom. The van der Waals surface area contributed by atoms with Crippen LogP contribution in [0.25, 0.3) is 0 Å². The summed E-state index contributed by atoms with van der Waals surface area (Å²) < 4.78 is 38.8. The number of nitrogens with one attached hydrogen (secondary N) is 2. The van der Waals surface area contributed by atoms with Crippen LogP contribution in [-0.2, 0) is 11.0 Å². The highest BCUT2D eigenvalue weighted by atomic mass is 35.5. The smallest absolute Gasteiger partial charge is 0.336 e. The lowest BCUT2D eigenvalue weighted by molar-refractivity contribution is -0.137. The molecule has 1 heterocycles. The van der Waals surface area contributed by atoms with E-state index < -0.39 is 23.6 Å². The van der Waals surface area contributed by atoms with Crippen molar-refractivity contribution in [1.82, 2.24) is 10.2 Å². The topological polar surface area (TPSA) is 61.4 Å². The van der Waals surface area contributed by atoms with Crippen LogP contribution in [0, 0.1) is 0 Å². The lowest BCUT2D eigenvalue weighted by atomic mass is 10.1. The Balaban J connectivity index is 0.00000264. The van der Waals surface area contributed by atoms with Gasteiger partial charge in [-0.1, -0.05) is 0 Å². The Hall–Kier alpha value is -1.80. The fraction of sp³-hybridized carbons (Fsp3) is 0.429. The number of hydrogen-bond donors (Lipinski definition) is 2. The highest BCUT2D eigenvalue weighted by Crippen LogP contribution is 2.32. The maximum atomic E-state index is 12.9. The molecule has 1 saturated heterocycles. The molecule has 128 valence electrons. The van der Waals surface area contributed by atoms with Gasteiger partial charge in [-0.15, -0.1) is 12.4 Å². The Morgan fingerprint density at radius 1 is 1.17 bits per heavy atom. The highest BCUT2D eigenvalue weighted by molar-refractivity contribution is 5.97. The number of rotatable bonds is 2. The van der Waals surface area contributed by atoms with Crippen LogP contribution in [0.15, 0.2) is 18.2 Å². The minimum absolute atomic E-state index is 0. The summed E-state index contributed by atoms with van der Waals surface area (Å²) >= 11 is 0. The molecule has 0 aromatic heterocycles. The number of nitrogens with zero attached hydrogens (tertiary/aromatic N) is 1. The van der Waals surface area contributed by atoms with Gasteiger partial charge in [0.2, 0.25) is 5.91 Å². The molecule has 0 unspecified atom stereocenters. The molecule has 1 aromatic carbocycles. The van der Waals surface area contributed by atoms with Gasteiger partial charge in [0.1, 0.15) is 0 Å². The number of halogens is 4. The van der Waals surface area contributed by atoms with E-state index in [0.29, 0.717) is 26.2 Å². The Kier molecular flexibility index (Phi) is 6.40. The summed E-state index contributed by atoms with van der Waals surface area (Å²) in [5.41, 5.74) is -1.08. The van der Waals surface area contributed by atoms with Gasteiger partial charge in [-0.2, -0.15) is 13.2 Å². The van der Waals surface area contributed by atoms with Gasteiger partial charge in [-0.25, -0.2) is 0 Å². The zero-order valence-corrected chi connectivity index (χ0v) is 13.2. The van der Waals surface area contributed by atoms with Gasteiger partial charge in [0.05, 0.1) is 5.56 Å². The SMILES string of the molecule is CC(=O)Nc1cc(C(=O)N2CCNCC2)cc(C(F)(F)F)c1.Cl. The first-order valence-electron chi connectivity index (χ1n) is 6.77. The number of piperazine rings is 1. The van der Waals surface area contributed by atoms with Gasteiger partial charge in [-0.05, 0) is 18.2 Å². The summed E-state index contributed by atoms with van der Waals surface area (Å²) in [6, 6.07) is 2.90. The lowest BCUT2D eigenvalue weighted by Gasteiger charge is -2.27. The second-order valence-electron chi connectivity index (χ2n) is 5.02. The summed E-state index contributed by atoms with van der Waals surface area (Å²) in [6.45, 7) is 3.26. The molecule has 0 saturated carbocycles. The molecule has 2 N–H and O–H groups in total. The quantitative estimate of drug-likeness (QED) is 0.858. The van der Waals surface area contributed by atoms with Gasteiger partial charge >= 0.3 is 6.18 Å². The number of hydrogen-bond acceptors (Lipinski definition) is 3. The highest BCUT2D eigenvalue weighted by Gasteiger charge is 2.32. The monoisotopic (exact) mass is 351 g/mol. The molecule has 0 atom stereocenters. The van der Waals surface area contributed by atoms with E-state index in [0.717, 1.165) is 12.1 Å². The molecular formula is C14H17ClF3N3O2. The van der Waals surface area contributed by atoms with Crippen molar-refractivity contribution < 1.29 is 22.8 Å². The van der Waals surface area contributed by atoms with Gasteiger partial charge in [0, 0.05) is 44.4 Å². The molecule has 2 amide bonds. The lowest BCUT2D eigenvalue weighted by Crippen LogP contribution is -2.46. The maximum Gasteiger partial charge on any atom is 0.416 e. The first kappa shape index (κ1) is 19.2. The Labute approximate surface area is 137 Å². The van der Waals surface area contributed by atoms with E-state index in [4.69, 9.17) is 0 Å². The predicted octanol–water partition coefficient (Wildman–Crippen LogP) is 2.13. The zero-order chi connectivity index (χ0) is 16.3. The standard InChI is InChI=1S/C14H16F3N3O2.ClH/c1-9(21)19-12-7-10(6-11(8-12)14(15,16)17)13(22)20-4-2-18-3-5-20;/h6-8,18H,2-5H2,1H3,(H,19,21);1H. The molecule has 9 heteroatoms. The van der Waals surface area contributed by atoms with Crippen LogP contribution in [0.4, 0.5) is 18.9 Å². The number of amides is 2. The summed E-state index contributed by atoms with van der Waals surface area (Å²) in [4.78, 5) is 24.9. The van der Waals surface area contributed by atoms with Crippen LogP contribution in [0.3, 0.4) is 0 Å². The van der Waals surface area contributed by atoms with Crippen molar-refractivity contribution in [2.24, 2.45) is 0 Å². The fourth-order valence-electron chi connectivity index (χ4n) is 2.24. The number of anilines is 1. The molecule has 1 aliphatic heterocycles. The average molecular weight is 352 g/mol. The largest absolute Gasteiger partial charge is 0.416 e. The van der Waals surface area contributed by atoms with Gasteiger partial charge in [0.25, 0.3) is 5.91 Å². The van der Waals surface area contributed by atoms with E-state index >= 15 is 0 Å². The minimum atomic E-state index is -4.59. The van der Waals surface area contributed by atoms with Crippen molar-refractivity contribution in [3.05, 3.63) is 29.3 Å². The van der Waals surface area contributed by atoms with Crippen LogP contribution >= 0.6 is 12.4 Å². The predicted molar refractivity (Wildman–Crippen MR) is 81.8 cm³/mol. The number of carbonyl (C=O) groups is 2. The maximum absolute atomic E-state index is 12.9. The van der Waals surface area contributed by atoms with Gasteiger partial charge in [0.15, 0.2) is 0 Å². The van der Waals surface area contributed by atoms with Crippen LogP contribution in [0.1, 0.15) is 22.8 Å². The van der Waals surface area contributed by atoms with E-state index in [1.54, 1.807) is 0 Å². The third-order valence-electron chi connectivity index (χ3n) is 3.23. The zero-order valence-electron chi connectivity index (χ0n) is 12.4. The fourth-order valence-corrected chi connectivity index (χ4v) is 2.24. The van der Waals surface area contributed by atoms with E-state index in [1.807, 2.05) is 0 Å². The summed E-state index contributed by atoms with van der Waals surface area (Å²) in [5.74, 6) is -0.973. The number of carbonyl (C=O) groups excluding carboxylic acids is 2. The molecule has 1 fully saturated rings. The average Bonchev–Trinajstić information content (AvgIpc) is 2.45. The second-order valence-corrected chi connectivity index (χ2v) is 5.02. The van der Waals surface area contributed by atoms with Crippen LogP contribution in [-0.4, -0.2) is 42.9 Å². The van der Waals surface area contributed by atoms with E-state index in [1.165, 1.54) is 17.9 Å². The molecule has 2 rings (SSSR count). The van der Waals surface area contributed by atoms with Crippen LogP contribution < -0.4 is 10.6 Å². The molecule has 0 bridgehead atoms. The Bertz CT molecular complexity index is 587. The van der Waals surface area contributed by atoms with Crippen LogP contribution in [0.5, 0.6) is 0 Å². The van der Waals surface area contributed by atoms with E-state index in [9.17, 15) is 22.8 Å². The number of benzene rings is 1. The Morgan fingerprint density at radius 3 is 2.30 bits per heavy atom.